The van der Waals surface area contributed by atoms with Crippen LogP contribution in [0.25, 0.3) is 22.7 Å². The molecule has 1 aliphatic rings. The van der Waals surface area contributed by atoms with Crippen molar-refractivity contribution in [1.82, 2.24) is 15.2 Å². The zero-order chi connectivity index (χ0) is 28.7. The van der Waals surface area contributed by atoms with Gasteiger partial charge < -0.3 is 24.7 Å². The third kappa shape index (κ3) is 7.70. The number of cyclic esters (lactones) is 1. The van der Waals surface area contributed by atoms with Crippen LogP contribution < -0.4 is 10.6 Å². The summed E-state index contributed by atoms with van der Waals surface area (Å²) < 4.78 is 62.1. The predicted octanol–water partition coefficient (Wildman–Crippen LogP) is 3.10. The summed E-state index contributed by atoms with van der Waals surface area (Å²) in [6.45, 7) is 1.77. The van der Waals surface area contributed by atoms with E-state index < -0.39 is 36.1 Å². The molecule has 0 spiro atoms. The molecule has 1 amide bonds. The molecule has 1 fully saturated rings. The molecule has 4 rings (SSSR count). The van der Waals surface area contributed by atoms with Gasteiger partial charge in [-0.2, -0.15) is 13.2 Å². The molecular weight excluding hydrogens is 534 g/mol. The number of carbonyl (C=O) groups excluding carboxylic acids is 2. The molecule has 0 radical (unpaired) electrons. The van der Waals surface area contributed by atoms with Crippen LogP contribution in [-0.4, -0.2) is 70.3 Å². The van der Waals surface area contributed by atoms with Crippen molar-refractivity contribution in [2.24, 2.45) is 5.73 Å². The van der Waals surface area contributed by atoms with Gasteiger partial charge in [0.1, 0.15) is 17.6 Å². The van der Waals surface area contributed by atoms with Crippen LogP contribution >= 0.6 is 0 Å². The molecule has 1 atom stereocenters. The number of pyridine rings is 1. The number of amides is 1. The van der Waals surface area contributed by atoms with Crippen LogP contribution in [0.15, 0.2) is 40.9 Å². The Bertz CT molecular complexity index is 1330. The fourth-order valence-corrected chi connectivity index (χ4v) is 3.23. The SMILES string of the molecule is Cc1nnc(-c2ccc(-c3ccc(N4C[C@@H](CCOC(=O)CN)OC4=O)cc3F)cn2)o1.O=C(O)C(F)(F)F. The first-order valence-corrected chi connectivity index (χ1v) is 11.1. The Labute approximate surface area is 217 Å². The van der Waals surface area contributed by atoms with Crippen LogP contribution in [0.4, 0.5) is 28.0 Å². The van der Waals surface area contributed by atoms with Crippen molar-refractivity contribution >= 4 is 23.7 Å². The number of carbonyl (C=O) groups is 3. The Balaban J connectivity index is 0.000000532. The molecule has 39 heavy (non-hydrogen) atoms. The largest absolute Gasteiger partial charge is 0.490 e. The van der Waals surface area contributed by atoms with Crippen molar-refractivity contribution in [1.29, 1.82) is 0 Å². The van der Waals surface area contributed by atoms with Crippen molar-refractivity contribution < 1.29 is 50.9 Å². The second kappa shape index (κ2) is 12.3. The van der Waals surface area contributed by atoms with Gasteiger partial charge in [-0.25, -0.2) is 14.0 Å². The summed E-state index contributed by atoms with van der Waals surface area (Å²) in [4.78, 5) is 37.8. The van der Waals surface area contributed by atoms with E-state index in [2.05, 4.69) is 15.2 Å². The number of benzene rings is 1. The number of carboxylic acids is 1. The molecule has 0 unspecified atom stereocenters. The lowest BCUT2D eigenvalue weighted by atomic mass is 10.1. The van der Waals surface area contributed by atoms with E-state index in [1.807, 2.05) is 0 Å². The Kier molecular flexibility index (Phi) is 9.13. The number of ether oxygens (including phenoxy) is 2. The summed E-state index contributed by atoms with van der Waals surface area (Å²) in [6, 6.07) is 7.83. The predicted molar refractivity (Wildman–Crippen MR) is 124 cm³/mol. The molecule has 12 nitrogen and oxygen atoms in total. The normalized spacial score (nSPS) is 14.9. The minimum absolute atomic E-state index is 0.0846. The molecule has 0 aliphatic carbocycles. The first kappa shape index (κ1) is 29.0. The van der Waals surface area contributed by atoms with Crippen LogP contribution in [0.2, 0.25) is 0 Å². The van der Waals surface area contributed by atoms with Gasteiger partial charge in [0, 0.05) is 30.7 Å². The van der Waals surface area contributed by atoms with Crippen molar-refractivity contribution in [2.45, 2.75) is 25.6 Å². The molecule has 16 heteroatoms. The molecular formula is C23H21F4N5O7. The lowest BCUT2D eigenvalue weighted by Crippen LogP contribution is -2.25. The Hall–Kier alpha value is -4.60. The van der Waals surface area contributed by atoms with Crippen LogP contribution in [0, 0.1) is 12.7 Å². The van der Waals surface area contributed by atoms with Gasteiger partial charge >= 0.3 is 24.2 Å². The average Bonchev–Trinajstić information content (AvgIpc) is 3.49. The average molecular weight is 555 g/mol. The highest BCUT2D eigenvalue weighted by Gasteiger charge is 2.38. The maximum Gasteiger partial charge on any atom is 0.490 e. The number of esters is 1. The van der Waals surface area contributed by atoms with E-state index >= 15 is 0 Å². The Morgan fingerprint density at radius 2 is 1.95 bits per heavy atom. The van der Waals surface area contributed by atoms with Crippen LogP contribution in [-0.2, 0) is 19.1 Å². The topological polar surface area (TPSA) is 171 Å². The van der Waals surface area contributed by atoms with E-state index in [0.29, 0.717) is 34.8 Å². The van der Waals surface area contributed by atoms with E-state index in [1.165, 1.54) is 17.2 Å². The third-order valence-electron chi connectivity index (χ3n) is 5.07. The van der Waals surface area contributed by atoms with Gasteiger partial charge in [-0.3, -0.25) is 14.7 Å². The molecule has 0 bridgehead atoms. The summed E-state index contributed by atoms with van der Waals surface area (Å²) in [5, 5.41) is 14.8. The summed E-state index contributed by atoms with van der Waals surface area (Å²) in [5.74, 6) is -3.10. The van der Waals surface area contributed by atoms with Crippen molar-refractivity contribution in [2.75, 3.05) is 24.6 Å². The Morgan fingerprint density at radius 1 is 1.23 bits per heavy atom. The molecule has 208 valence electrons. The van der Waals surface area contributed by atoms with E-state index in [9.17, 15) is 27.2 Å². The van der Waals surface area contributed by atoms with Crippen molar-refractivity contribution in [3.63, 3.8) is 0 Å². The lowest BCUT2D eigenvalue weighted by molar-refractivity contribution is -0.192. The smallest absolute Gasteiger partial charge is 0.475 e. The molecule has 2 aromatic heterocycles. The summed E-state index contributed by atoms with van der Waals surface area (Å²) >= 11 is 0. The quantitative estimate of drug-likeness (QED) is 0.324. The van der Waals surface area contributed by atoms with Gasteiger partial charge in [-0.15, -0.1) is 10.2 Å². The number of aryl methyl sites for hydroxylation is 1. The van der Waals surface area contributed by atoms with Gasteiger partial charge in [0.2, 0.25) is 5.89 Å². The number of hydrogen-bond donors (Lipinski definition) is 2. The fourth-order valence-electron chi connectivity index (χ4n) is 3.23. The second-order valence-corrected chi connectivity index (χ2v) is 7.86. The highest BCUT2D eigenvalue weighted by molar-refractivity contribution is 5.90. The number of halogens is 4. The summed E-state index contributed by atoms with van der Waals surface area (Å²) in [6.07, 6.45) is -4.31. The number of anilines is 1. The molecule has 3 aromatic rings. The van der Waals surface area contributed by atoms with Gasteiger partial charge in [-0.1, -0.05) is 6.07 Å². The second-order valence-electron chi connectivity index (χ2n) is 7.86. The zero-order valence-electron chi connectivity index (χ0n) is 20.1. The molecule has 1 aliphatic heterocycles. The van der Waals surface area contributed by atoms with Crippen LogP contribution in [0.1, 0.15) is 12.3 Å². The molecule has 1 aromatic carbocycles. The maximum atomic E-state index is 14.9. The minimum atomic E-state index is -5.08. The number of aliphatic carboxylic acids is 1. The first-order chi connectivity index (χ1) is 18.4. The Morgan fingerprint density at radius 3 is 2.49 bits per heavy atom. The zero-order valence-corrected chi connectivity index (χ0v) is 20.1. The van der Waals surface area contributed by atoms with E-state index in [4.69, 9.17) is 29.5 Å². The number of aromatic nitrogens is 3. The van der Waals surface area contributed by atoms with Gasteiger partial charge in [-0.05, 0) is 24.3 Å². The van der Waals surface area contributed by atoms with Gasteiger partial charge in [0.15, 0.2) is 0 Å². The van der Waals surface area contributed by atoms with Crippen LogP contribution in [0.3, 0.4) is 0 Å². The van der Waals surface area contributed by atoms with Crippen molar-refractivity contribution in [3.8, 4) is 22.7 Å². The van der Waals surface area contributed by atoms with Gasteiger partial charge in [0.25, 0.3) is 5.89 Å². The number of nitrogens with zero attached hydrogens (tertiary/aromatic N) is 4. The molecule has 1 saturated heterocycles. The number of carboxylic acid groups (broad SMARTS) is 1. The summed E-state index contributed by atoms with van der Waals surface area (Å²) in [7, 11) is 0. The number of alkyl halides is 3. The summed E-state index contributed by atoms with van der Waals surface area (Å²) in [5.41, 5.74) is 6.90. The van der Waals surface area contributed by atoms with Crippen molar-refractivity contribution in [3.05, 3.63) is 48.2 Å². The number of hydrogen-bond acceptors (Lipinski definition) is 10. The minimum Gasteiger partial charge on any atom is -0.475 e. The lowest BCUT2D eigenvalue weighted by Gasteiger charge is -2.14. The molecule has 3 heterocycles. The van der Waals surface area contributed by atoms with E-state index in [1.54, 1.807) is 31.2 Å². The van der Waals surface area contributed by atoms with E-state index in [0.717, 1.165) is 0 Å². The fraction of sp³-hybridized carbons (Fsp3) is 0.304. The number of nitrogens with two attached hydrogens (primary N) is 1. The third-order valence-corrected chi connectivity index (χ3v) is 5.07. The van der Waals surface area contributed by atoms with Gasteiger partial charge in [0.05, 0.1) is 25.4 Å². The highest BCUT2D eigenvalue weighted by atomic mass is 19.4. The standard InChI is InChI=1S/C21H20FN5O5.C2HF3O2/c1-12-25-26-20(31-12)18-5-2-13(10-24-18)16-4-3-14(8-17(16)22)27-11-15(32-21(27)29)6-7-30-19(28)9-23;3-2(4,5)1(6)7/h2-5,8,10,15H,6-7,9,11,23H2,1H3;(H,6,7)/t15-;/m1./s1. The highest BCUT2D eigenvalue weighted by Crippen LogP contribution is 2.30. The monoisotopic (exact) mass is 555 g/mol. The van der Waals surface area contributed by atoms with E-state index in [-0.39, 0.29) is 25.6 Å². The first-order valence-electron chi connectivity index (χ1n) is 11.1. The molecule has 3 N–H and O–H groups in total. The van der Waals surface area contributed by atoms with Crippen LogP contribution in [0.5, 0.6) is 0 Å². The molecule has 0 saturated carbocycles. The number of rotatable bonds is 7. The maximum absolute atomic E-state index is 14.9.